The van der Waals surface area contributed by atoms with Crippen LogP contribution < -0.4 is 9.47 Å². The number of H-pyrrole nitrogens is 1. The number of sulfone groups is 1. The van der Waals surface area contributed by atoms with Crippen molar-refractivity contribution in [1.29, 1.82) is 0 Å². The first-order valence-electron chi connectivity index (χ1n) is 5.75. The zero-order valence-electron chi connectivity index (χ0n) is 10.00. The van der Waals surface area contributed by atoms with Crippen LogP contribution in [0, 0.1) is 0 Å². The minimum atomic E-state index is -3.41. The van der Waals surface area contributed by atoms with Gasteiger partial charge in [0.15, 0.2) is 21.3 Å². The van der Waals surface area contributed by atoms with E-state index in [4.69, 9.17) is 9.47 Å². The Bertz CT molecular complexity index is 680. The molecule has 7 heteroatoms. The van der Waals surface area contributed by atoms with Crippen LogP contribution in [0.25, 0.3) is 0 Å². The quantitative estimate of drug-likeness (QED) is 0.912. The van der Waals surface area contributed by atoms with Crippen LogP contribution in [0.1, 0.15) is 5.56 Å². The molecule has 19 heavy (non-hydrogen) atoms. The van der Waals surface area contributed by atoms with E-state index in [9.17, 15) is 8.42 Å². The predicted octanol–water partition coefficient (Wildman–Crippen LogP) is 1.15. The van der Waals surface area contributed by atoms with Crippen LogP contribution in [-0.2, 0) is 15.6 Å². The fourth-order valence-corrected chi connectivity index (χ4v) is 3.20. The van der Waals surface area contributed by atoms with Crippen LogP contribution in [-0.4, -0.2) is 31.8 Å². The van der Waals surface area contributed by atoms with E-state index in [1.807, 2.05) is 0 Å². The Morgan fingerprint density at radius 3 is 2.74 bits per heavy atom. The number of nitrogens with one attached hydrogen (secondary N) is 1. The zero-order valence-corrected chi connectivity index (χ0v) is 10.8. The molecule has 0 unspecified atom stereocenters. The highest BCUT2D eigenvalue weighted by Gasteiger charge is 2.20. The smallest absolute Gasteiger partial charge is 0.182 e. The molecule has 0 aliphatic carbocycles. The third-order valence-electron chi connectivity index (χ3n) is 2.78. The normalized spacial score (nSPS) is 14.3. The topological polar surface area (TPSA) is 81.3 Å². The van der Waals surface area contributed by atoms with E-state index in [-0.39, 0.29) is 10.6 Å². The summed E-state index contributed by atoms with van der Waals surface area (Å²) in [7, 11) is -3.41. The summed E-state index contributed by atoms with van der Waals surface area (Å²) < 4.78 is 35.2. The minimum absolute atomic E-state index is 0.0941. The van der Waals surface area contributed by atoms with Crippen LogP contribution in [0.4, 0.5) is 0 Å². The maximum Gasteiger partial charge on any atom is 0.182 e. The third kappa shape index (κ3) is 2.41. The van der Waals surface area contributed by atoms with Gasteiger partial charge in [-0.1, -0.05) is 0 Å². The van der Waals surface area contributed by atoms with Crippen LogP contribution in [0.15, 0.2) is 35.5 Å². The maximum atomic E-state index is 12.2. The Morgan fingerprint density at radius 2 is 2.00 bits per heavy atom. The van der Waals surface area contributed by atoms with E-state index < -0.39 is 9.84 Å². The first-order valence-corrected chi connectivity index (χ1v) is 7.40. The number of hydrogen-bond donors (Lipinski definition) is 1. The first kappa shape index (κ1) is 12.0. The summed E-state index contributed by atoms with van der Waals surface area (Å²) in [5.41, 5.74) is 0.620. The van der Waals surface area contributed by atoms with Gasteiger partial charge in [-0.05, 0) is 12.1 Å². The molecule has 0 spiro atoms. The number of hydrogen-bond acceptors (Lipinski definition) is 5. The number of benzene rings is 1. The summed E-state index contributed by atoms with van der Waals surface area (Å²) in [4.78, 5) is 0.220. The molecule has 0 radical (unpaired) electrons. The number of rotatable bonds is 3. The van der Waals surface area contributed by atoms with E-state index in [1.54, 1.807) is 12.3 Å². The van der Waals surface area contributed by atoms with Gasteiger partial charge >= 0.3 is 0 Å². The predicted molar refractivity (Wildman–Crippen MR) is 66.9 cm³/mol. The summed E-state index contributed by atoms with van der Waals surface area (Å²) in [5.74, 6) is 0.955. The van der Waals surface area contributed by atoms with E-state index in [1.165, 1.54) is 18.3 Å². The second-order valence-electron chi connectivity index (χ2n) is 4.17. The molecule has 0 amide bonds. The van der Waals surface area contributed by atoms with Crippen molar-refractivity contribution >= 4 is 9.84 Å². The van der Waals surface area contributed by atoms with Crippen molar-refractivity contribution in [3.05, 3.63) is 36.2 Å². The highest BCUT2D eigenvalue weighted by Crippen LogP contribution is 2.33. The average Bonchev–Trinajstić information content (AvgIpc) is 2.90. The molecule has 3 rings (SSSR count). The minimum Gasteiger partial charge on any atom is -0.486 e. The second kappa shape index (κ2) is 4.58. The second-order valence-corrected chi connectivity index (χ2v) is 6.16. The van der Waals surface area contributed by atoms with Crippen molar-refractivity contribution in [3.8, 4) is 11.5 Å². The van der Waals surface area contributed by atoms with Gasteiger partial charge < -0.3 is 9.47 Å². The Balaban J connectivity index is 1.93. The van der Waals surface area contributed by atoms with Gasteiger partial charge in [-0.25, -0.2) is 8.42 Å². The molecule has 0 atom stereocenters. The maximum absolute atomic E-state index is 12.2. The molecule has 2 heterocycles. The zero-order chi connectivity index (χ0) is 13.3. The standard InChI is InChI=1S/C12H12N2O4S/c15-19(16,8-9-6-13-14-7-9)10-1-2-11-12(5-10)18-4-3-17-11/h1-2,5-7H,3-4,8H2,(H,13,14). The molecule has 0 fully saturated rings. The molecule has 2 aromatic rings. The number of fused-ring (bicyclic) bond motifs is 1. The van der Waals surface area contributed by atoms with E-state index in [0.717, 1.165) is 0 Å². The van der Waals surface area contributed by atoms with Crippen LogP contribution in [0.2, 0.25) is 0 Å². The van der Waals surface area contributed by atoms with Gasteiger partial charge in [0.2, 0.25) is 0 Å². The number of ether oxygens (including phenoxy) is 2. The molecular weight excluding hydrogens is 268 g/mol. The molecule has 6 nitrogen and oxygen atoms in total. The van der Waals surface area contributed by atoms with Gasteiger partial charge in [0.1, 0.15) is 13.2 Å². The van der Waals surface area contributed by atoms with E-state index >= 15 is 0 Å². The third-order valence-corrected chi connectivity index (χ3v) is 4.47. The van der Waals surface area contributed by atoms with Crippen molar-refractivity contribution in [2.75, 3.05) is 13.2 Å². The van der Waals surface area contributed by atoms with Crippen molar-refractivity contribution in [2.45, 2.75) is 10.6 Å². The number of nitrogens with zero attached hydrogens (tertiary/aromatic N) is 1. The Morgan fingerprint density at radius 1 is 1.21 bits per heavy atom. The molecule has 1 aliphatic rings. The lowest BCUT2D eigenvalue weighted by molar-refractivity contribution is 0.171. The van der Waals surface area contributed by atoms with Gasteiger partial charge in [0, 0.05) is 17.8 Å². The molecule has 0 saturated carbocycles. The van der Waals surface area contributed by atoms with Gasteiger partial charge in [-0.2, -0.15) is 5.10 Å². The summed E-state index contributed by atoms with van der Waals surface area (Å²) in [6.07, 6.45) is 3.06. The molecule has 0 bridgehead atoms. The number of aromatic amines is 1. The summed E-state index contributed by atoms with van der Waals surface area (Å²) >= 11 is 0. The fourth-order valence-electron chi connectivity index (χ4n) is 1.88. The Kier molecular flexibility index (Phi) is 2.90. The molecule has 100 valence electrons. The monoisotopic (exact) mass is 280 g/mol. The van der Waals surface area contributed by atoms with Crippen LogP contribution >= 0.6 is 0 Å². The molecule has 1 aromatic carbocycles. The summed E-state index contributed by atoms with van der Waals surface area (Å²) in [6.45, 7) is 0.909. The van der Waals surface area contributed by atoms with Gasteiger partial charge in [0.05, 0.1) is 16.8 Å². The van der Waals surface area contributed by atoms with E-state index in [0.29, 0.717) is 30.3 Å². The van der Waals surface area contributed by atoms with Crippen molar-refractivity contribution < 1.29 is 17.9 Å². The van der Waals surface area contributed by atoms with Crippen molar-refractivity contribution in [1.82, 2.24) is 10.2 Å². The largest absolute Gasteiger partial charge is 0.486 e. The van der Waals surface area contributed by atoms with Crippen molar-refractivity contribution in [3.63, 3.8) is 0 Å². The molecule has 0 saturated heterocycles. The highest BCUT2D eigenvalue weighted by molar-refractivity contribution is 7.90. The van der Waals surface area contributed by atoms with Gasteiger partial charge in [-0.15, -0.1) is 0 Å². The van der Waals surface area contributed by atoms with Crippen LogP contribution in [0.5, 0.6) is 11.5 Å². The van der Waals surface area contributed by atoms with Gasteiger partial charge in [-0.3, -0.25) is 5.10 Å². The molecule has 1 N–H and O–H groups in total. The Labute approximate surface area is 110 Å². The summed E-state index contributed by atoms with van der Waals surface area (Å²) in [5, 5.41) is 6.33. The van der Waals surface area contributed by atoms with Gasteiger partial charge in [0.25, 0.3) is 0 Å². The molecule has 1 aromatic heterocycles. The average molecular weight is 280 g/mol. The highest BCUT2D eigenvalue weighted by atomic mass is 32.2. The SMILES string of the molecule is O=S(=O)(Cc1cn[nH]c1)c1ccc2c(c1)OCCO2. The Hall–Kier alpha value is -2.02. The van der Waals surface area contributed by atoms with Crippen molar-refractivity contribution in [2.24, 2.45) is 0 Å². The van der Waals surface area contributed by atoms with Crippen LogP contribution in [0.3, 0.4) is 0 Å². The lowest BCUT2D eigenvalue weighted by atomic mass is 10.3. The molecule has 1 aliphatic heterocycles. The lowest BCUT2D eigenvalue weighted by Crippen LogP contribution is -2.16. The fraction of sp³-hybridized carbons (Fsp3) is 0.250. The molecular formula is C12H12N2O4S. The lowest BCUT2D eigenvalue weighted by Gasteiger charge is -2.18. The first-order chi connectivity index (χ1) is 9.15. The number of aromatic nitrogens is 2. The van der Waals surface area contributed by atoms with E-state index in [2.05, 4.69) is 10.2 Å². The summed E-state index contributed by atoms with van der Waals surface area (Å²) in [6, 6.07) is 4.66.